The van der Waals surface area contributed by atoms with E-state index in [0.29, 0.717) is 5.13 Å². The van der Waals surface area contributed by atoms with Crippen LogP contribution in [0, 0.1) is 5.82 Å². The number of anilines is 1. The SMILES string of the molecule is Nc1ncc(COc2ccccc2F)s1. The maximum atomic E-state index is 13.1. The highest BCUT2D eigenvalue weighted by Crippen LogP contribution is 2.20. The number of nitrogens with two attached hydrogens (primary N) is 1. The molecule has 0 bridgehead atoms. The summed E-state index contributed by atoms with van der Waals surface area (Å²) in [6, 6.07) is 6.28. The third-order valence-corrected chi connectivity index (χ3v) is 2.58. The second-order valence-electron chi connectivity index (χ2n) is 2.88. The quantitative estimate of drug-likeness (QED) is 0.871. The van der Waals surface area contributed by atoms with Crippen molar-refractivity contribution in [3.05, 3.63) is 41.2 Å². The van der Waals surface area contributed by atoms with E-state index in [0.717, 1.165) is 4.88 Å². The molecule has 15 heavy (non-hydrogen) atoms. The van der Waals surface area contributed by atoms with E-state index < -0.39 is 0 Å². The van der Waals surface area contributed by atoms with Gasteiger partial charge in [-0.05, 0) is 12.1 Å². The number of nitrogen functional groups attached to an aromatic ring is 1. The first-order valence-electron chi connectivity index (χ1n) is 4.33. The summed E-state index contributed by atoms with van der Waals surface area (Å²) < 4.78 is 18.4. The summed E-state index contributed by atoms with van der Waals surface area (Å²) in [5, 5.41) is 0.488. The first-order valence-corrected chi connectivity index (χ1v) is 5.15. The van der Waals surface area contributed by atoms with E-state index in [1.54, 1.807) is 24.4 Å². The lowest BCUT2D eigenvalue weighted by atomic mass is 10.3. The number of halogens is 1. The van der Waals surface area contributed by atoms with Gasteiger partial charge in [-0.1, -0.05) is 23.5 Å². The molecule has 0 aliphatic rings. The summed E-state index contributed by atoms with van der Waals surface area (Å²) >= 11 is 1.33. The molecule has 0 radical (unpaired) electrons. The van der Waals surface area contributed by atoms with Crippen molar-refractivity contribution in [3.63, 3.8) is 0 Å². The molecule has 78 valence electrons. The molecule has 2 N–H and O–H groups in total. The molecule has 0 unspecified atom stereocenters. The molecule has 2 aromatic rings. The van der Waals surface area contributed by atoms with Gasteiger partial charge in [-0.25, -0.2) is 9.37 Å². The number of nitrogens with zero attached hydrogens (tertiary/aromatic N) is 1. The van der Waals surface area contributed by atoms with E-state index in [4.69, 9.17) is 10.5 Å². The fraction of sp³-hybridized carbons (Fsp3) is 0.100. The van der Waals surface area contributed by atoms with Crippen molar-refractivity contribution < 1.29 is 9.13 Å². The van der Waals surface area contributed by atoms with Gasteiger partial charge < -0.3 is 10.5 Å². The van der Waals surface area contributed by atoms with Crippen LogP contribution in [0.1, 0.15) is 4.88 Å². The highest BCUT2D eigenvalue weighted by Gasteiger charge is 2.03. The Morgan fingerprint density at radius 1 is 1.40 bits per heavy atom. The standard InChI is InChI=1S/C10H9FN2OS/c11-8-3-1-2-4-9(8)14-6-7-5-13-10(12)15-7/h1-5H,6H2,(H2,12,13). The van der Waals surface area contributed by atoms with Gasteiger partial charge in [0.2, 0.25) is 0 Å². The van der Waals surface area contributed by atoms with Crippen LogP contribution in [0.5, 0.6) is 5.75 Å². The van der Waals surface area contributed by atoms with Crippen molar-refractivity contribution in [3.8, 4) is 5.75 Å². The summed E-state index contributed by atoms with van der Waals surface area (Å²) in [5.41, 5.74) is 5.46. The fourth-order valence-corrected chi connectivity index (χ4v) is 1.70. The number of para-hydroxylation sites is 1. The highest BCUT2D eigenvalue weighted by molar-refractivity contribution is 7.15. The first kappa shape index (κ1) is 9.92. The number of thiazole rings is 1. The molecule has 0 atom stereocenters. The maximum Gasteiger partial charge on any atom is 0.180 e. The lowest BCUT2D eigenvalue weighted by Crippen LogP contribution is -1.94. The molecule has 0 spiro atoms. The van der Waals surface area contributed by atoms with Gasteiger partial charge in [0.25, 0.3) is 0 Å². The highest BCUT2D eigenvalue weighted by atomic mass is 32.1. The topological polar surface area (TPSA) is 48.1 Å². The minimum Gasteiger partial charge on any atom is -0.485 e. The van der Waals surface area contributed by atoms with Gasteiger partial charge in [0.1, 0.15) is 6.61 Å². The molecule has 5 heteroatoms. The number of hydrogen-bond donors (Lipinski definition) is 1. The molecule has 0 aliphatic heterocycles. The molecular formula is C10H9FN2OS. The van der Waals surface area contributed by atoms with Crippen molar-refractivity contribution >= 4 is 16.5 Å². The number of rotatable bonds is 3. The predicted molar refractivity (Wildman–Crippen MR) is 57.3 cm³/mol. The van der Waals surface area contributed by atoms with Crippen LogP contribution in [0.4, 0.5) is 9.52 Å². The Morgan fingerprint density at radius 2 is 2.20 bits per heavy atom. The van der Waals surface area contributed by atoms with Crippen LogP contribution in [-0.4, -0.2) is 4.98 Å². The second-order valence-corrected chi connectivity index (χ2v) is 4.03. The Morgan fingerprint density at radius 3 is 2.87 bits per heavy atom. The molecule has 1 heterocycles. The summed E-state index contributed by atoms with van der Waals surface area (Å²) in [6.07, 6.45) is 1.63. The summed E-state index contributed by atoms with van der Waals surface area (Å²) in [7, 11) is 0. The minimum absolute atomic E-state index is 0.240. The zero-order chi connectivity index (χ0) is 10.7. The molecular weight excluding hydrogens is 215 g/mol. The van der Waals surface area contributed by atoms with Crippen LogP contribution in [0.25, 0.3) is 0 Å². The Labute approximate surface area is 90.3 Å². The predicted octanol–water partition coefficient (Wildman–Crippen LogP) is 2.44. The van der Waals surface area contributed by atoms with Gasteiger partial charge >= 0.3 is 0 Å². The molecule has 0 saturated carbocycles. The molecule has 2 rings (SSSR count). The van der Waals surface area contributed by atoms with Gasteiger partial charge in [-0.2, -0.15) is 0 Å². The smallest absolute Gasteiger partial charge is 0.180 e. The van der Waals surface area contributed by atoms with Crippen molar-refractivity contribution in [2.45, 2.75) is 6.61 Å². The fourth-order valence-electron chi connectivity index (χ4n) is 1.10. The van der Waals surface area contributed by atoms with Crippen LogP contribution in [0.3, 0.4) is 0 Å². The lowest BCUT2D eigenvalue weighted by Gasteiger charge is -2.04. The Hall–Kier alpha value is -1.62. The maximum absolute atomic E-state index is 13.1. The molecule has 1 aromatic heterocycles. The average Bonchev–Trinajstić information content (AvgIpc) is 2.63. The molecule has 3 nitrogen and oxygen atoms in total. The monoisotopic (exact) mass is 224 g/mol. The largest absolute Gasteiger partial charge is 0.485 e. The van der Waals surface area contributed by atoms with Crippen molar-refractivity contribution in [2.75, 3.05) is 5.73 Å². The summed E-state index contributed by atoms with van der Waals surface area (Å²) in [5.74, 6) is -0.126. The number of aromatic nitrogens is 1. The van der Waals surface area contributed by atoms with Crippen LogP contribution in [0.2, 0.25) is 0 Å². The second kappa shape index (κ2) is 4.27. The zero-order valence-corrected chi connectivity index (χ0v) is 8.63. The van der Waals surface area contributed by atoms with E-state index in [1.165, 1.54) is 17.4 Å². The Bertz CT molecular complexity index is 458. The van der Waals surface area contributed by atoms with Gasteiger partial charge in [-0.15, -0.1) is 0 Å². The van der Waals surface area contributed by atoms with Gasteiger partial charge in [0.15, 0.2) is 16.7 Å². The third kappa shape index (κ3) is 2.44. The van der Waals surface area contributed by atoms with Crippen LogP contribution in [0.15, 0.2) is 30.5 Å². The lowest BCUT2D eigenvalue weighted by molar-refractivity contribution is 0.293. The van der Waals surface area contributed by atoms with Crippen LogP contribution < -0.4 is 10.5 Å². The van der Waals surface area contributed by atoms with E-state index in [9.17, 15) is 4.39 Å². The third-order valence-electron chi connectivity index (χ3n) is 1.78. The summed E-state index contributed by atoms with van der Waals surface area (Å²) in [6.45, 7) is 0.288. The summed E-state index contributed by atoms with van der Waals surface area (Å²) in [4.78, 5) is 4.74. The Balaban J connectivity index is 2.02. The zero-order valence-electron chi connectivity index (χ0n) is 7.81. The van der Waals surface area contributed by atoms with E-state index >= 15 is 0 Å². The molecule has 0 amide bonds. The first-order chi connectivity index (χ1) is 7.25. The van der Waals surface area contributed by atoms with Crippen LogP contribution in [-0.2, 0) is 6.61 Å². The molecule has 1 aromatic carbocycles. The number of ether oxygens (including phenoxy) is 1. The van der Waals surface area contributed by atoms with Gasteiger partial charge in [0, 0.05) is 6.20 Å². The van der Waals surface area contributed by atoms with Crippen molar-refractivity contribution in [1.82, 2.24) is 4.98 Å². The van der Waals surface area contributed by atoms with E-state index in [-0.39, 0.29) is 18.2 Å². The molecule has 0 saturated heterocycles. The molecule has 0 fully saturated rings. The van der Waals surface area contributed by atoms with Crippen molar-refractivity contribution in [2.24, 2.45) is 0 Å². The van der Waals surface area contributed by atoms with Crippen molar-refractivity contribution in [1.29, 1.82) is 0 Å². The minimum atomic E-state index is -0.366. The normalized spacial score (nSPS) is 10.2. The van der Waals surface area contributed by atoms with E-state index in [1.807, 2.05) is 0 Å². The van der Waals surface area contributed by atoms with Crippen LogP contribution >= 0.6 is 11.3 Å². The number of benzene rings is 1. The number of hydrogen-bond acceptors (Lipinski definition) is 4. The van der Waals surface area contributed by atoms with Gasteiger partial charge in [0.05, 0.1) is 4.88 Å². The average molecular weight is 224 g/mol. The molecule has 0 aliphatic carbocycles. The Kier molecular flexibility index (Phi) is 2.82. The van der Waals surface area contributed by atoms with E-state index in [2.05, 4.69) is 4.98 Å². The van der Waals surface area contributed by atoms with Gasteiger partial charge in [-0.3, -0.25) is 0 Å².